The molecule has 30 heavy (non-hydrogen) atoms. The van der Waals surface area contributed by atoms with Gasteiger partial charge in [-0.2, -0.15) is 14.9 Å². The van der Waals surface area contributed by atoms with E-state index in [4.69, 9.17) is 4.74 Å². The van der Waals surface area contributed by atoms with E-state index in [0.29, 0.717) is 23.2 Å². The molecule has 2 atom stereocenters. The number of H-pyrrole nitrogens is 1. The van der Waals surface area contributed by atoms with Crippen LogP contribution in [0, 0.1) is 0 Å². The van der Waals surface area contributed by atoms with Crippen LogP contribution in [0.15, 0.2) is 42.7 Å². The second-order valence-corrected chi connectivity index (χ2v) is 7.21. The molecule has 4 aromatic rings. The normalized spacial score (nSPS) is 19.1. The zero-order chi connectivity index (χ0) is 20.3. The van der Waals surface area contributed by atoms with Crippen molar-refractivity contribution in [2.24, 2.45) is 0 Å². The summed E-state index contributed by atoms with van der Waals surface area (Å²) in [6, 6.07) is 11.2. The highest BCUT2D eigenvalue weighted by Crippen LogP contribution is 2.31. The monoisotopic (exact) mass is 407 g/mol. The average Bonchev–Trinajstić information content (AvgIpc) is 3.53. The molecule has 11 heteroatoms. The number of rotatable bonds is 6. The van der Waals surface area contributed by atoms with Crippen molar-refractivity contribution in [1.29, 1.82) is 0 Å². The van der Waals surface area contributed by atoms with Crippen LogP contribution in [0.4, 0.5) is 0 Å². The molecule has 0 spiro atoms. The number of hydrogen-bond acceptors (Lipinski definition) is 8. The fraction of sp³-hybridized carbons (Fsp3) is 0.368. The lowest BCUT2D eigenvalue weighted by atomic mass is 9.92. The predicted octanol–water partition coefficient (Wildman–Crippen LogP) is 1.70. The van der Waals surface area contributed by atoms with Crippen LogP contribution in [0.3, 0.4) is 0 Å². The summed E-state index contributed by atoms with van der Waals surface area (Å²) in [4.78, 5) is 4.68. The molecule has 3 heterocycles. The Morgan fingerprint density at radius 2 is 2.03 bits per heavy atom. The van der Waals surface area contributed by atoms with E-state index >= 15 is 0 Å². The van der Waals surface area contributed by atoms with Gasteiger partial charge in [0, 0.05) is 6.07 Å². The number of benzene rings is 1. The average molecular weight is 407 g/mol. The molecule has 0 amide bonds. The fourth-order valence-electron chi connectivity index (χ4n) is 3.69. The first-order valence-electron chi connectivity index (χ1n) is 9.88. The van der Waals surface area contributed by atoms with Crippen LogP contribution in [-0.2, 0) is 6.61 Å². The van der Waals surface area contributed by atoms with Crippen molar-refractivity contribution < 1.29 is 9.84 Å². The van der Waals surface area contributed by atoms with E-state index in [1.54, 1.807) is 10.7 Å². The summed E-state index contributed by atoms with van der Waals surface area (Å²) in [6.07, 6.45) is 4.64. The highest BCUT2D eigenvalue weighted by molar-refractivity contribution is 5.52. The second kappa shape index (κ2) is 8.03. The molecule has 1 saturated carbocycles. The number of aromatic nitrogens is 9. The van der Waals surface area contributed by atoms with Crippen molar-refractivity contribution in [2.75, 3.05) is 0 Å². The summed E-state index contributed by atoms with van der Waals surface area (Å²) in [5, 5.41) is 33.6. The molecular weight excluding hydrogens is 386 g/mol. The third-order valence-electron chi connectivity index (χ3n) is 5.18. The van der Waals surface area contributed by atoms with Crippen LogP contribution in [0.1, 0.15) is 37.5 Å². The highest BCUT2D eigenvalue weighted by atomic mass is 16.5. The van der Waals surface area contributed by atoms with Crippen molar-refractivity contribution in [2.45, 2.75) is 44.4 Å². The van der Waals surface area contributed by atoms with Crippen LogP contribution in [0.25, 0.3) is 17.3 Å². The molecule has 0 unspecified atom stereocenters. The minimum absolute atomic E-state index is 0.147. The smallest absolute Gasteiger partial charge is 0.188 e. The Morgan fingerprint density at radius 3 is 2.83 bits per heavy atom. The lowest BCUT2D eigenvalue weighted by Crippen LogP contribution is -2.29. The maximum Gasteiger partial charge on any atom is 0.188 e. The van der Waals surface area contributed by atoms with E-state index < -0.39 is 6.10 Å². The Morgan fingerprint density at radius 1 is 1.17 bits per heavy atom. The van der Waals surface area contributed by atoms with Crippen molar-refractivity contribution in [1.82, 2.24) is 45.2 Å². The van der Waals surface area contributed by atoms with Gasteiger partial charge in [0.25, 0.3) is 0 Å². The van der Waals surface area contributed by atoms with Crippen LogP contribution in [-0.4, -0.2) is 56.4 Å². The Hall–Kier alpha value is -3.60. The van der Waals surface area contributed by atoms with Gasteiger partial charge in [0.05, 0.1) is 12.1 Å². The molecular formula is C19H21N9O2. The van der Waals surface area contributed by atoms with Gasteiger partial charge in [0.2, 0.25) is 0 Å². The molecule has 2 N–H and O–H groups in total. The molecule has 0 radical (unpaired) electrons. The first-order valence-corrected chi connectivity index (χ1v) is 9.88. The minimum atomic E-state index is -0.469. The quantitative estimate of drug-likeness (QED) is 0.493. The molecule has 1 fully saturated rings. The third kappa shape index (κ3) is 3.66. The van der Waals surface area contributed by atoms with E-state index in [1.807, 2.05) is 30.3 Å². The zero-order valence-corrected chi connectivity index (χ0v) is 16.2. The number of aliphatic hydroxyl groups excluding tert-OH is 1. The molecule has 0 aliphatic heterocycles. The topological polar surface area (TPSA) is 132 Å². The number of tetrazole rings is 1. The molecule has 11 nitrogen and oxygen atoms in total. The first kappa shape index (κ1) is 18.4. The van der Waals surface area contributed by atoms with Gasteiger partial charge in [-0.05, 0) is 35.4 Å². The van der Waals surface area contributed by atoms with Crippen LogP contribution in [0.5, 0.6) is 5.75 Å². The van der Waals surface area contributed by atoms with Gasteiger partial charge in [-0.3, -0.25) is 5.10 Å². The highest BCUT2D eigenvalue weighted by Gasteiger charge is 2.29. The third-order valence-corrected chi connectivity index (χ3v) is 5.18. The summed E-state index contributed by atoms with van der Waals surface area (Å²) in [5.74, 6) is 2.41. The van der Waals surface area contributed by atoms with E-state index in [9.17, 15) is 5.11 Å². The van der Waals surface area contributed by atoms with E-state index in [0.717, 1.165) is 31.4 Å². The van der Waals surface area contributed by atoms with Gasteiger partial charge in [-0.15, -0.1) is 5.10 Å². The SMILES string of the molecule is O[C@@H]1CCCC[C@H]1n1nc(COc2ccccc2)nc1-c1cc(-n2cnnn2)n[nH]1. The summed E-state index contributed by atoms with van der Waals surface area (Å²) in [6.45, 7) is 0.223. The van der Waals surface area contributed by atoms with Gasteiger partial charge in [-0.1, -0.05) is 31.0 Å². The van der Waals surface area contributed by atoms with E-state index in [2.05, 4.69) is 35.8 Å². The molecule has 3 aromatic heterocycles. The standard InChI is InChI=1S/C19H21N9O2/c29-16-9-5-4-8-15(16)28-19(14-10-18(23-22-14)27-12-20-25-26-27)21-17(24-28)11-30-13-6-2-1-3-7-13/h1-3,6-7,10,12,15-16,29H,4-5,8-9,11H2,(H,22,23)/t15-,16-/m1/s1. The summed E-state index contributed by atoms with van der Waals surface area (Å²) < 4.78 is 9.07. The van der Waals surface area contributed by atoms with E-state index in [1.165, 1.54) is 11.0 Å². The Labute approximate surface area is 171 Å². The van der Waals surface area contributed by atoms with Crippen LogP contribution in [0.2, 0.25) is 0 Å². The minimum Gasteiger partial charge on any atom is -0.486 e. The molecule has 5 rings (SSSR count). The molecule has 1 aromatic carbocycles. The van der Waals surface area contributed by atoms with Gasteiger partial charge < -0.3 is 9.84 Å². The molecule has 1 aliphatic rings. The van der Waals surface area contributed by atoms with Crippen LogP contribution >= 0.6 is 0 Å². The lowest BCUT2D eigenvalue weighted by Gasteiger charge is -2.28. The number of aliphatic hydroxyl groups is 1. The number of aromatic amines is 1. The fourth-order valence-corrected chi connectivity index (χ4v) is 3.69. The summed E-state index contributed by atoms with van der Waals surface area (Å²) in [7, 11) is 0. The maximum atomic E-state index is 10.6. The van der Waals surface area contributed by atoms with Gasteiger partial charge in [0.15, 0.2) is 17.5 Å². The van der Waals surface area contributed by atoms with Crippen molar-refractivity contribution in [3.8, 4) is 23.1 Å². The molecule has 0 bridgehead atoms. The van der Waals surface area contributed by atoms with Gasteiger partial charge in [-0.25, -0.2) is 9.67 Å². The maximum absolute atomic E-state index is 10.6. The number of para-hydroxylation sites is 1. The predicted molar refractivity (Wildman–Crippen MR) is 105 cm³/mol. The summed E-state index contributed by atoms with van der Waals surface area (Å²) in [5.41, 5.74) is 0.664. The van der Waals surface area contributed by atoms with Crippen molar-refractivity contribution in [3.63, 3.8) is 0 Å². The second-order valence-electron chi connectivity index (χ2n) is 7.21. The first-order chi connectivity index (χ1) is 14.8. The Kier molecular flexibility index (Phi) is 4.93. The zero-order valence-electron chi connectivity index (χ0n) is 16.2. The number of hydrogen-bond donors (Lipinski definition) is 2. The molecule has 1 aliphatic carbocycles. The number of nitrogens with one attached hydrogen (secondary N) is 1. The van der Waals surface area contributed by atoms with Gasteiger partial charge >= 0.3 is 0 Å². The number of nitrogens with zero attached hydrogens (tertiary/aromatic N) is 8. The Bertz CT molecular complexity index is 1090. The lowest BCUT2D eigenvalue weighted by molar-refractivity contribution is 0.0697. The summed E-state index contributed by atoms with van der Waals surface area (Å²) >= 11 is 0. The largest absolute Gasteiger partial charge is 0.486 e. The Balaban J connectivity index is 1.47. The molecule has 0 saturated heterocycles. The van der Waals surface area contributed by atoms with Crippen LogP contribution < -0.4 is 4.74 Å². The molecule has 154 valence electrons. The van der Waals surface area contributed by atoms with Gasteiger partial charge in [0.1, 0.15) is 24.4 Å². The van der Waals surface area contributed by atoms with E-state index in [-0.39, 0.29) is 12.6 Å². The number of ether oxygens (including phenoxy) is 1. The van der Waals surface area contributed by atoms with Crippen molar-refractivity contribution in [3.05, 3.63) is 48.5 Å². The van der Waals surface area contributed by atoms with Crippen molar-refractivity contribution >= 4 is 0 Å².